The largest absolute Gasteiger partial charge is 0.493 e. The van der Waals surface area contributed by atoms with Crippen LogP contribution in [0, 0.1) is 6.92 Å². The van der Waals surface area contributed by atoms with Gasteiger partial charge in [0.25, 0.3) is 5.91 Å². The van der Waals surface area contributed by atoms with Crippen LogP contribution in [-0.2, 0) is 4.79 Å². The first-order chi connectivity index (χ1) is 15.0. The molecule has 0 N–H and O–H groups in total. The van der Waals surface area contributed by atoms with Crippen LogP contribution >= 0.6 is 11.3 Å². The molecule has 1 aliphatic heterocycles. The summed E-state index contributed by atoms with van der Waals surface area (Å²) in [5.41, 5.74) is 1.95. The van der Waals surface area contributed by atoms with Crippen molar-refractivity contribution in [3.63, 3.8) is 0 Å². The summed E-state index contributed by atoms with van der Waals surface area (Å²) in [6, 6.07) is 13.7. The van der Waals surface area contributed by atoms with E-state index >= 15 is 0 Å². The third-order valence-corrected chi connectivity index (χ3v) is 6.20. The molecule has 1 amide bonds. The Morgan fingerprint density at radius 3 is 2.52 bits per heavy atom. The average Bonchev–Trinajstić information content (AvgIpc) is 3.35. The number of ether oxygens (including phenoxy) is 2. The van der Waals surface area contributed by atoms with E-state index in [-0.39, 0.29) is 5.91 Å². The van der Waals surface area contributed by atoms with Crippen molar-refractivity contribution in [2.75, 3.05) is 38.2 Å². The molecule has 1 saturated heterocycles. The Bertz CT molecular complexity index is 1020. The molecule has 2 aromatic heterocycles. The predicted octanol–water partition coefficient (Wildman–Crippen LogP) is 3.64. The topological polar surface area (TPSA) is 67.8 Å². The van der Waals surface area contributed by atoms with Gasteiger partial charge < -0.3 is 19.3 Å². The van der Waals surface area contributed by atoms with Crippen molar-refractivity contribution in [3.8, 4) is 22.1 Å². The maximum absolute atomic E-state index is 12.9. The fourth-order valence-corrected chi connectivity index (χ4v) is 4.27. The summed E-state index contributed by atoms with van der Waals surface area (Å²) in [5, 5.41) is 10.8. The lowest BCUT2D eigenvalue weighted by molar-refractivity contribution is -0.138. The van der Waals surface area contributed by atoms with Gasteiger partial charge in [-0.1, -0.05) is 12.1 Å². The molecule has 0 bridgehead atoms. The molecule has 1 unspecified atom stereocenters. The molecule has 0 aliphatic carbocycles. The summed E-state index contributed by atoms with van der Waals surface area (Å²) in [6.07, 6.45) is -0.590. The second-order valence-corrected chi connectivity index (χ2v) is 8.43. The minimum absolute atomic E-state index is 0.0265. The highest BCUT2D eigenvalue weighted by molar-refractivity contribution is 7.13. The molecule has 3 aromatic rings. The summed E-state index contributed by atoms with van der Waals surface area (Å²) < 4.78 is 11.3. The van der Waals surface area contributed by atoms with Gasteiger partial charge in [0.05, 0.1) is 12.0 Å². The lowest BCUT2D eigenvalue weighted by Gasteiger charge is -2.36. The Hall–Kier alpha value is -3.13. The van der Waals surface area contributed by atoms with Crippen LogP contribution in [0.1, 0.15) is 12.5 Å². The summed E-state index contributed by atoms with van der Waals surface area (Å²) in [6.45, 7) is 6.42. The summed E-state index contributed by atoms with van der Waals surface area (Å²) in [4.78, 5) is 18.0. The van der Waals surface area contributed by atoms with Crippen LogP contribution < -0.4 is 14.4 Å². The maximum Gasteiger partial charge on any atom is 0.263 e. The molecule has 3 heterocycles. The minimum Gasteiger partial charge on any atom is -0.493 e. The lowest BCUT2D eigenvalue weighted by atomic mass is 10.2. The highest BCUT2D eigenvalue weighted by Crippen LogP contribution is 2.29. The van der Waals surface area contributed by atoms with Gasteiger partial charge in [-0.15, -0.1) is 21.5 Å². The second-order valence-electron chi connectivity index (χ2n) is 7.48. The summed E-state index contributed by atoms with van der Waals surface area (Å²) in [7, 11) is 1.60. The summed E-state index contributed by atoms with van der Waals surface area (Å²) in [5.74, 6) is 2.02. The molecule has 0 spiro atoms. The SMILES string of the molecule is COc1cc(C)ccc1OC(C)C(=O)N1CCN(c2ccc(-c3cccs3)nn2)CC1. The van der Waals surface area contributed by atoms with E-state index in [0.29, 0.717) is 37.7 Å². The van der Waals surface area contributed by atoms with Crippen molar-refractivity contribution in [2.45, 2.75) is 20.0 Å². The van der Waals surface area contributed by atoms with Crippen molar-refractivity contribution in [2.24, 2.45) is 0 Å². The molecule has 0 saturated carbocycles. The fourth-order valence-electron chi connectivity index (χ4n) is 3.58. The highest BCUT2D eigenvalue weighted by atomic mass is 32.1. The zero-order chi connectivity index (χ0) is 21.8. The Labute approximate surface area is 186 Å². The minimum atomic E-state index is -0.590. The van der Waals surface area contributed by atoms with Crippen molar-refractivity contribution < 1.29 is 14.3 Å². The Balaban J connectivity index is 1.33. The second kappa shape index (κ2) is 9.34. The van der Waals surface area contributed by atoms with E-state index in [1.165, 1.54) is 0 Å². The molecule has 1 fully saturated rings. The number of thiophene rings is 1. The molecule has 4 rings (SSSR count). The molecule has 7 nitrogen and oxygen atoms in total. The van der Waals surface area contributed by atoms with Gasteiger partial charge >= 0.3 is 0 Å². The first-order valence-electron chi connectivity index (χ1n) is 10.3. The predicted molar refractivity (Wildman–Crippen MR) is 122 cm³/mol. The first-order valence-corrected chi connectivity index (χ1v) is 11.2. The lowest BCUT2D eigenvalue weighted by Crippen LogP contribution is -2.52. The molecular formula is C23H26N4O3S. The van der Waals surface area contributed by atoms with Crippen LogP contribution in [-0.4, -0.2) is 60.4 Å². The Kier molecular flexibility index (Phi) is 6.36. The number of rotatable bonds is 6. The Morgan fingerprint density at radius 1 is 1.06 bits per heavy atom. The van der Waals surface area contributed by atoms with Gasteiger partial charge in [-0.2, -0.15) is 0 Å². The zero-order valence-electron chi connectivity index (χ0n) is 17.9. The molecule has 8 heteroatoms. The number of aryl methyl sites for hydroxylation is 1. The fraction of sp³-hybridized carbons (Fsp3) is 0.348. The molecule has 1 aromatic carbocycles. The van der Waals surface area contributed by atoms with E-state index in [0.717, 1.165) is 22.0 Å². The van der Waals surface area contributed by atoms with E-state index in [1.807, 2.05) is 59.7 Å². The number of amides is 1. The molecule has 162 valence electrons. The molecular weight excluding hydrogens is 412 g/mol. The number of piperazine rings is 1. The number of hydrogen-bond donors (Lipinski definition) is 0. The smallest absolute Gasteiger partial charge is 0.263 e. The number of aromatic nitrogens is 2. The Morgan fingerprint density at radius 2 is 1.87 bits per heavy atom. The highest BCUT2D eigenvalue weighted by Gasteiger charge is 2.27. The van der Waals surface area contributed by atoms with Crippen LogP contribution in [0.15, 0.2) is 47.8 Å². The van der Waals surface area contributed by atoms with Gasteiger partial charge in [0.15, 0.2) is 23.4 Å². The van der Waals surface area contributed by atoms with Gasteiger partial charge in [-0.25, -0.2) is 0 Å². The number of hydrogen-bond acceptors (Lipinski definition) is 7. The van der Waals surface area contributed by atoms with Crippen LogP contribution in [0.3, 0.4) is 0 Å². The van der Waals surface area contributed by atoms with Gasteiger partial charge in [0, 0.05) is 26.2 Å². The van der Waals surface area contributed by atoms with E-state index in [9.17, 15) is 4.79 Å². The third-order valence-electron chi connectivity index (χ3n) is 5.31. The van der Waals surface area contributed by atoms with Crippen molar-refractivity contribution >= 4 is 23.1 Å². The van der Waals surface area contributed by atoms with Crippen LogP contribution in [0.4, 0.5) is 5.82 Å². The monoisotopic (exact) mass is 438 g/mol. The van der Waals surface area contributed by atoms with Crippen molar-refractivity contribution in [1.29, 1.82) is 0 Å². The maximum atomic E-state index is 12.9. The van der Waals surface area contributed by atoms with E-state index < -0.39 is 6.10 Å². The van der Waals surface area contributed by atoms with Gasteiger partial charge in [-0.3, -0.25) is 4.79 Å². The van der Waals surface area contributed by atoms with E-state index in [1.54, 1.807) is 25.4 Å². The van der Waals surface area contributed by atoms with Gasteiger partial charge in [0.2, 0.25) is 0 Å². The summed E-state index contributed by atoms with van der Waals surface area (Å²) >= 11 is 1.65. The standard InChI is InChI=1S/C23H26N4O3S/c1-16-6-8-19(20(15-16)29-3)30-17(2)23(28)27-12-10-26(11-13-27)22-9-7-18(24-25-22)21-5-4-14-31-21/h4-9,14-15,17H,10-13H2,1-3H3. The molecule has 31 heavy (non-hydrogen) atoms. The zero-order valence-corrected chi connectivity index (χ0v) is 18.8. The number of nitrogens with zero attached hydrogens (tertiary/aromatic N) is 4. The first kappa shape index (κ1) is 21.1. The van der Waals surface area contributed by atoms with Crippen LogP contribution in [0.2, 0.25) is 0 Å². The molecule has 1 aliphatic rings. The van der Waals surface area contributed by atoms with E-state index in [4.69, 9.17) is 9.47 Å². The number of anilines is 1. The molecule has 1 atom stereocenters. The van der Waals surface area contributed by atoms with Gasteiger partial charge in [-0.05, 0) is 55.1 Å². The van der Waals surface area contributed by atoms with Crippen molar-refractivity contribution in [3.05, 3.63) is 53.4 Å². The quantitative estimate of drug-likeness (QED) is 0.585. The number of carbonyl (C=O) groups is 1. The third kappa shape index (κ3) is 4.80. The van der Waals surface area contributed by atoms with Crippen LogP contribution in [0.25, 0.3) is 10.6 Å². The number of methoxy groups -OCH3 is 1. The van der Waals surface area contributed by atoms with Crippen molar-refractivity contribution in [1.82, 2.24) is 15.1 Å². The average molecular weight is 439 g/mol. The van der Waals surface area contributed by atoms with Gasteiger partial charge in [0.1, 0.15) is 5.69 Å². The normalized spacial score (nSPS) is 14.9. The van der Waals surface area contributed by atoms with Crippen LogP contribution in [0.5, 0.6) is 11.5 Å². The number of benzene rings is 1. The molecule has 0 radical (unpaired) electrons. The van der Waals surface area contributed by atoms with E-state index in [2.05, 4.69) is 15.1 Å². The number of carbonyl (C=O) groups excluding carboxylic acids is 1.